The van der Waals surface area contributed by atoms with Gasteiger partial charge in [0.05, 0.1) is 6.61 Å². The van der Waals surface area contributed by atoms with E-state index >= 15 is 0 Å². The molecule has 12 heavy (non-hydrogen) atoms. The molecule has 0 aromatic rings. The summed E-state index contributed by atoms with van der Waals surface area (Å²) < 4.78 is 10.7. The molecule has 0 radical (unpaired) electrons. The molecule has 0 atom stereocenters. The molecule has 0 saturated carbocycles. The zero-order valence-corrected chi connectivity index (χ0v) is 8.76. The zero-order chi connectivity index (χ0) is 9.56. The van der Waals surface area contributed by atoms with Crippen LogP contribution in [0.1, 0.15) is 6.92 Å². The molecule has 2 nitrogen and oxygen atoms in total. The molecule has 4 heteroatoms. The lowest BCUT2D eigenvalue weighted by molar-refractivity contribution is 0.117. The summed E-state index contributed by atoms with van der Waals surface area (Å²) in [6.45, 7) is 11.4. The number of hydrogen-bond acceptors (Lipinski definition) is 2. The van der Waals surface area contributed by atoms with Gasteiger partial charge in [-0.2, -0.15) is 0 Å². The van der Waals surface area contributed by atoms with Crippen molar-refractivity contribution >= 4 is 13.6 Å². The summed E-state index contributed by atoms with van der Waals surface area (Å²) in [6.07, 6.45) is 0. The van der Waals surface area contributed by atoms with Gasteiger partial charge >= 0.3 is 6.92 Å². The fraction of sp³-hybridized carbons (Fsp3) is 0.750. The van der Waals surface area contributed by atoms with Gasteiger partial charge in [-0.1, -0.05) is 13.6 Å². The molecule has 0 spiro atoms. The molecule has 0 saturated heterocycles. The molecular weight excluding hydrogens is 150 g/mol. The lowest BCUT2D eigenvalue weighted by atomic mass is 9.55. The van der Waals surface area contributed by atoms with Crippen molar-refractivity contribution in [1.82, 2.24) is 0 Å². The van der Waals surface area contributed by atoms with Crippen LogP contribution in [0.15, 0.2) is 11.9 Å². The van der Waals surface area contributed by atoms with Gasteiger partial charge in [-0.25, -0.2) is 0 Å². The number of hydrogen-bond donors (Lipinski definition) is 0. The Balaban J connectivity index is 4.03. The van der Waals surface area contributed by atoms with E-state index in [1.165, 1.54) is 0 Å². The minimum Gasteiger partial charge on any atom is -0.538 e. The standard InChI is InChI=1S/C8H18B2O2/c1-6-11-8(7-9(2)3)12-10(4)5/h7H,6H2,1-5H3/b8-7+. The first-order chi connectivity index (χ1) is 5.56. The molecule has 0 aliphatic heterocycles. The molecule has 0 amide bonds. The summed E-state index contributed by atoms with van der Waals surface area (Å²) in [5.74, 6) is 2.64. The van der Waals surface area contributed by atoms with E-state index in [9.17, 15) is 0 Å². The maximum Gasteiger partial charge on any atom is 0.355 e. The molecule has 0 aromatic carbocycles. The maximum absolute atomic E-state index is 5.44. The molecule has 0 rings (SSSR count). The van der Waals surface area contributed by atoms with Crippen LogP contribution in [0.3, 0.4) is 0 Å². The Kier molecular flexibility index (Phi) is 5.77. The van der Waals surface area contributed by atoms with Crippen molar-refractivity contribution in [2.75, 3.05) is 6.61 Å². The summed E-state index contributed by atoms with van der Waals surface area (Å²) >= 11 is 0. The smallest absolute Gasteiger partial charge is 0.355 e. The van der Waals surface area contributed by atoms with Crippen LogP contribution >= 0.6 is 0 Å². The van der Waals surface area contributed by atoms with Gasteiger partial charge in [0.2, 0.25) is 5.95 Å². The minimum absolute atomic E-state index is 0.182. The second-order valence-electron chi connectivity index (χ2n) is 3.33. The third-order valence-electron chi connectivity index (χ3n) is 1.11. The van der Waals surface area contributed by atoms with E-state index in [4.69, 9.17) is 9.39 Å². The van der Waals surface area contributed by atoms with E-state index in [-0.39, 0.29) is 6.92 Å². The molecule has 0 bridgehead atoms. The fourth-order valence-corrected chi connectivity index (χ4v) is 0.768. The van der Waals surface area contributed by atoms with E-state index < -0.39 is 0 Å². The van der Waals surface area contributed by atoms with Crippen LogP contribution in [-0.2, 0) is 9.39 Å². The molecule has 0 heterocycles. The molecule has 68 valence electrons. The van der Waals surface area contributed by atoms with Gasteiger partial charge in [-0.05, 0) is 26.5 Å². The number of ether oxygens (including phenoxy) is 1. The topological polar surface area (TPSA) is 18.5 Å². The lowest BCUT2D eigenvalue weighted by Gasteiger charge is -2.13. The average Bonchev–Trinajstić information content (AvgIpc) is 1.84. The minimum atomic E-state index is 0.182. The SMILES string of the molecule is CCO/C(=C\B(C)C)OB(C)C. The van der Waals surface area contributed by atoms with E-state index in [0.29, 0.717) is 19.3 Å². The van der Waals surface area contributed by atoms with Crippen LogP contribution in [0.5, 0.6) is 0 Å². The zero-order valence-electron chi connectivity index (χ0n) is 8.76. The summed E-state index contributed by atoms with van der Waals surface area (Å²) in [5, 5.41) is 0. The second-order valence-corrected chi connectivity index (χ2v) is 3.33. The van der Waals surface area contributed by atoms with Crippen LogP contribution in [0, 0.1) is 0 Å². The first-order valence-electron chi connectivity index (χ1n) is 4.57. The second kappa shape index (κ2) is 6.04. The molecule has 0 unspecified atom stereocenters. The Morgan fingerprint density at radius 3 is 2.17 bits per heavy atom. The average molecular weight is 168 g/mol. The Morgan fingerprint density at radius 2 is 1.83 bits per heavy atom. The van der Waals surface area contributed by atoms with Crippen LogP contribution in [-0.4, -0.2) is 20.2 Å². The maximum atomic E-state index is 5.44. The van der Waals surface area contributed by atoms with E-state index in [1.54, 1.807) is 0 Å². The van der Waals surface area contributed by atoms with Gasteiger partial charge in [-0.3, -0.25) is 0 Å². The van der Waals surface area contributed by atoms with Gasteiger partial charge < -0.3 is 9.39 Å². The molecule has 0 N–H and O–H groups in total. The highest BCUT2D eigenvalue weighted by atomic mass is 16.6. The molecule has 0 aromatic heterocycles. The van der Waals surface area contributed by atoms with Crippen molar-refractivity contribution < 1.29 is 9.39 Å². The van der Waals surface area contributed by atoms with Gasteiger partial charge in [0.1, 0.15) is 0 Å². The van der Waals surface area contributed by atoms with Crippen LogP contribution in [0.2, 0.25) is 27.3 Å². The number of rotatable bonds is 5. The van der Waals surface area contributed by atoms with Crippen molar-refractivity contribution in [3.63, 3.8) is 0 Å². The predicted molar refractivity (Wildman–Crippen MR) is 55.8 cm³/mol. The van der Waals surface area contributed by atoms with E-state index in [1.807, 2.05) is 26.5 Å². The molecular formula is C8H18B2O2. The van der Waals surface area contributed by atoms with Crippen LogP contribution in [0.25, 0.3) is 0 Å². The van der Waals surface area contributed by atoms with Gasteiger partial charge in [0.25, 0.3) is 0 Å². The first-order valence-corrected chi connectivity index (χ1v) is 4.57. The van der Waals surface area contributed by atoms with Gasteiger partial charge in [0, 0.05) is 0 Å². The summed E-state index contributed by atoms with van der Waals surface area (Å²) in [4.78, 5) is 0. The molecule has 0 aliphatic carbocycles. The van der Waals surface area contributed by atoms with Crippen molar-refractivity contribution in [2.24, 2.45) is 0 Å². The normalized spacial score (nSPS) is 10.9. The Labute approximate surface area is 76.5 Å². The quantitative estimate of drug-likeness (QED) is 0.463. The largest absolute Gasteiger partial charge is 0.538 e. The van der Waals surface area contributed by atoms with Gasteiger partial charge in [-0.15, -0.1) is 0 Å². The van der Waals surface area contributed by atoms with Crippen molar-refractivity contribution in [1.29, 1.82) is 0 Å². The van der Waals surface area contributed by atoms with Crippen molar-refractivity contribution in [3.8, 4) is 0 Å². The Bertz CT molecular complexity index is 144. The Morgan fingerprint density at radius 1 is 1.25 bits per heavy atom. The third kappa shape index (κ3) is 6.20. The van der Waals surface area contributed by atoms with E-state index in [0.717, 1.165) is 0 Å². The summed E-state index contributed by atoms with van der Waals surface area (Å²) in [5.41, 5.74) is 0. The van der Waals surface area contributed by atoms with E-state index in [2.05, 4.69) is 13.6 Å². The summed E-state index contributed by atoms with van der Waals surface area (Å²) in [7, 11) is 0. The molecule has 0 aliphatic rings. The highest BCUT2D eigenvalue weighted by Gasteiger charge is 2.06. The first kappa shape index (κ1) is 11.5. The fourth-order valence-electron chi connectivity index (χ4n) is 0.768. The highest BCUT2D eigenvalue weighted by molar-refractivity contribution is 6.61. The lowest BCUT2D eigenvalue weighted by Crippen LogP contribution is -2.12. The van der Waals surface area contributed by atoms with Crippen molar-refractivity contribution in [2.45, 2.75) is 34.2 Å². The van der Waals surface area contributed by atoms with Crippen LogP contribution in [0.4, 0.5) is 0 Å². The molecule has 0 fully saturated rings. The monoisotopic (exact) mass is 168 g/mol. The highest BCUT2D eigenvalue weighted by Crippen LogP contribution is 2.03. The van der Waals surface area contributed by atoms with Crippen LogP contribution < -0.4 is 0 Å². The summed E-state index contributed by atoms with van der Waals surface area (Å²) in [6, 6.07) is 0. The Hall–Kier alpha value is -0.530. The van der Waals surface area contributed by atoms with Gasteiger partial charge in [0.15, 0.2) is 6.71 Å². The third-order valence-corrected chi connectivity index (χ3v) is 1.11. The predicted octanol–water partition coefficient (Wildman–Crippen LogP) is 2.43. The van der Waals surface area contributed by atoms with Crippen molar-refractivity contribution in [3.05, 3.63) is 11.9 Å².